The third-order valence-electron chi connectivity index (χ3n) is 4.70. The molecule has 21 heavy (non-hydrogen) atoms. The molecule has 0 amide bonds. The summed E-state index contributed by atoms with van der Waals surface area (Å²) in [5.41, 5.74) is 0.659. The van der Waals surface area contributed by atoms with Gasteiger partial charge in [-0.3, -0.25) is 4.98 Å². The van der Waals surface area contributed by atoms with E-state index in [2.05, 4.69) is 10.3 Å². The van der Waals surface area contributed by atoms with Crippen LogP contribution in [-0.2, 0) is 10.0 Å². The molecule has 0 aromatic carbocycles. The maximum Gasteiger partial charge on any atom is 0.246 e. The Kier molecular flexibility index (Phi) is 4.17. The Morgan fingerprint density at radius 3 is 2.95 bits per heavy atom. The van der Waals surface area contributed by atoms with Crippen molar-refractivity contribution < 1.29 is 8.42 Å². The fourth-order valence-electron chi connectivity index (χ4n) is 3.71. The number of rotatable bonds is 4. The first-order valence-electron chi connectivity index (χ1n) is 7.84. The molecule has 1 saturated heterocycles. The first kappa shape index (κ1) is 14.8. The molecular weight excluding hydrogens is 286 g/mol. The third kappa shape index (κ3) is 2.66. The molecule has 2 atom stereocenters. The lowest BCUT2D eigenvalue weighted by molar-refractivity contribution is 0.260. The molecule has 2 aliphatic rings. The highest BCUT2D eigenvalue weighted by Gasteiger charge is 2.42. The van der Waals surface area contributed by atoms with Gasteiger partial charge in [0, 0.05) is 31.5 Å². The van der Waals surface area contributed by atoms with Gasteiger partial charge in [0.15, 0.2) is 0 Å². The summed E-state index contributed by atoms with van der Waals surface area (Å²) in [4.78, 5) is 4.34. The molecule has 2 unspecified atom stereocenters. The van der Waals surface area contributed by atoms with Gasteiger partial charge < -0.3 is 5.32 Å². The average molecular weight is 309 g/mol. The van der Waals surface area contributed by atoms with Gasteiger partial charge in [-0.15, -0.1) is 0 Å². The van der Waals surface area contributed by atoms with Crippen LogP contribution in [0, 0.1) is 5.92 Å². The molecule has 0 radical (unpaired) electrons. The topological polar surface area (TPSA) is 62.3 Å². The maximum absolute atomic E-state index is 13.0. The molecule has 5 nitrogen and oxygen atoms in total. The number of fused-ring (bicyclic) bond motifs is 1. The lowest BCUT2D eigenvalue weighted by Gasteiger charge is -2.31. The second-order valence-electron chi connectivity index (χ2n) is 5.92. The van der Waals surface area contributed by atoms with Crippen LogP contribution in [0.15, 0.2) is 23.4 Å². The van der Waals surface area contributed by atoms with Crippen molar-refractivity contribution >= 4 is 15.7 Å². The number of nitrogens with zero attached hydrogens (tertiary/aromatic N) is 2. The zero-order valence-electron chi connectivity index (χ0n) is 12.5. The Balaban J connectivity index is 1.94. The number of pyridine rings is 1. The Morgan fingerprint density at radius 2 is 2.14 bits per heavy atom. The van der Waals surface area contributed by atoms with Crippen LogP contribution in [0.25, 0.3) is 0 Å². The van der Waals surface area contributed by atoms with E-state index < -0.39 is 10.0 Å². The number of hydrogen-bond acceptors (Lipinski definition) is 4. The van der Waals surface area contributed by atoms with E-state index in [9.17, 15) is 8.42 Å². The molecule has 1 aromatic heterocycles. The molecule has 1 aliphatic carbocycles. The number of anilines is 1. The van der Waals surface area contributed by atoms with Crippen molar-refractivity contribution in [2.75, 3.05) is 18.4 Å². The van der Waals surface area contributed by atoms with Crippen molar-refractivity contribution in [2.45, 2.75) is 50.0 Å². The van der Waals surface area contributed by atoms with Gasteiger partial charge in [0.05, 0.1) is 5.69 Å². The normalized spacial score (nSPS) is 26.5. The summed E-state index contributed by atoms with van der Waals surface area (Å²) >= 11 is 0. The average Bonchev–Trinajstić information content (AvgIpc) is 2.93. The van der Waals surface area contributed by atoms with E-state index in [1.54, 1.807) is 16.6 Å². The summed E-state index contributed by atoms with van der Waals surface area (Å²) < 4.78 is 27.8. The van der Waals surface area contributed by atoms with E-state index >= 15 is 0 Å². The second-order valence-corrected chi connectivity index (χ2v) is 7.78. The highest BCUT2D eigenvalue weighted by Crippen LogP contribution is 2.39. The second kappa shape index (κ2) is 5.93. The van der Waals surface area contributed by atoms with Crippen molar-refractivity contribution in [3.63, 3.8) is 0 Å². The summed E-state index contributed by atoms with van der Waals surface area (Å²) in [6.45, 7) is 3.31. The van der Waals surface area contributed by atoms with Gasteiger partial charge in [-0.2, -0.15) is 4.31 Å². The van der Waals surface area contributed by atoms with Gasteiger partial charge in [0.25, 0.3) is 0 Å². The van der Waals surface area contributed by atoms with Crippen molar-refractivity contribution in [3.05, 3.63) is 18.5 Å². The Labute approximate surface area is 126 Å². The van der Waals surface area contributed by atoms with E-state index in [4.69, 9.17) is 0 Å². The fraction of sp³-hybridized carbons (Fsp3) is 0.667. The lowest BCUT2D eigenvalue weighted by atomic mass is 9.86. The summed E-state index contributed by atoms with van der Waals surface area (Å²) in [5.74, 6) is 0.549. The van der Waals surface area contributed by atoms with Crippen molar-refractivity contribution in [2.24, 2.45) is 5.92 Å². The monoisotopic (exact) mass is 309 g/mol. The number of nitrogens with one attached hydrogen (secondary N) is 1. The molecule has 116 valence electrons. The molecule has 0 bridgehead atoms. The smallest absolute Gasteiger partial charge is 0.246 e. The van der Waals surface area contributed by atoms with Crippen molar-refractivity contribution in [3.8, 4) is 0 Å². The molecule has 1 aromatic rings. The van der Waals surface area contributed by atoms with Crippen LogP contribution in [0.5, 0.6) is 0 Å². The summed E-state index contributed by atoms with van der Waals surface area (Å²) in [6, 6.07) is 1.93. The Hall–Kier alpha value is -1.14. The van der Waals surface area contributed by atoms with Gasteiger partial charge in [-0.25, -0.2) is 8.42 Å². The first-order valence-corrected chi connectivity index (χ1v) is 9.28. The van der Waals surface area contributed by atoms with Gasteiger partial charge in [0.2, 0.25) is 10.0 Å². The van der Waals surface area contributed by atoms with Crippen LogP contribution < -0.4 is 5.32 Å². The quantitative estimate of drug-likeness (QED) is 0.928. The largest absolute Gasteiger partial charge is 0.384 e. The zero-order chi connectivity index (χ0) is 14.9. The van der Waals surface area contributed by atoms with Gasteiger partial charge in [0.1, 0.15) is 4.90 Å². The van der Waals surface area contributed by atoms with Crippen LogP contribution in [0.4, 0.5) is 5.69 Å². The predicted molar refractivity (Wildman–Crippen MR) is 82.7 cm³/mol. The van der Waals surface area contributed by atoms with E-state index in [-0.39, 0.29) is 6.04 Å². The summed E-state index contributed by atoms with van der Waals surface area (Å²) in [6.07, 6.45) is 8.66. The summed E-state index contributed by atoms with van der Waals surface area (Å²) in [5, 5.41) is 3.13. The standard InChI is InChI=1S/C15H23N3O2S/c1-2-17-13-7-9-16-11-15(13)21(19,20)18-10-8-12-5-3-4-6-14(12)18/h7,9,11-12,14H,2-6,8,10H2,1H3,(H,16,17). The molecule has 0 spiro atoms. The van der Waals surface area contributed by atoms with E-state index in [1.165, 1.54) is 19.0 Å². The lowest BCUT2D eigenvalue weighted by Crippen LogP contribution is -2.39. The van der Waals surface area contributed by atoms with Crippen LogP contribution in [0.3, 0.4) is 0 Å². The number of sulfonamides is 1. The van der Waals surface area contributed by atoms with Crippen molar-refractivity contribution in [1.82, 2.24) is 9.29 Å². The zero-order valence-corrected chi connectivity index (χ0v) is 13.3. The SMILES string of the molecule is CCNc1ccncc1S(=O)(=O)N1CCC2CCCCC21. The van der Waals surface area contributed by atoms with E-state index in [1.807, 2.05) is 6.92 Å². The minimum absolute atomic E-state index is 0.193. The molecule has 3 rings (SSSR count). The maximum atomic E-state index is 13.0. The van der Waals surface area contributed by atoms with Gasteiger partial charge in [-0.1, -0.05) is 12.8 Å². The first-order chi connectivity index (χ1) is 10.1. The molecule has 6 heteroatoms. The van der Waals surface area contributed by atoms with Crippen LogP contribution in [-0.4, -0.2) is 36.8 Å². The van der Waals surface area contributed by atoms with Crippen LogP contribution in [0.2, 0.25) is 0 Å². The number of hydrogen-bond donors (Lipinski definition) is 1. The Bertz CT molecular complexity index is 603. The molecule has 1 saturated carbocycles. The van der Waals surface area contributed by atoms with E-state index in [0.717, 1.165) is 19.3 Å². The fourth-order valence-corrected chi connectivity index (χ4v) is 5.55. The van der Waals surface area contributed by atoms with E-state index in [0.29, 0.717) is 29.6 Å². The van der Waals surface area contributed by atoms with Crippen LogP contribution >= 0.6 is 0 Å². The number of aromatic nitrogens is 1. The molecule has 2 heterocycles. The highest BCUT2D eigenvalue weighted by atomic mass is 32.2. The van der Waals surface area contributed by atoms with Gasteiger partial charge in [-0.05, 0) is 38.2 Å². The van der Waals surface area contributed by atoms with Crippen molar-refractivity contribution in [1.29, 1.82) is 0 Å². The van der Waals surface area contributed by atoms with Crippen LogP contribution in [0.1, 0.15) is 39.0 Å². The molecule has 2 fully saturated rings. The molecule has 1 N–H and O–H groups in total. The van der Waals surface area contributed by atoms with Gasteiger partial charge >= 0.3 is 0 Å². The minimum Gasteiger partial charge on any atom is -0.384 e. The predicted octanol–water partition coefficient (Wildman–Crippen LogP) is 2.47. The molecular formula is C15H23N3O2S. The summed E-state index contributed by atoms with van der Waals surface area (Å²) in [7, 11) is -3.45. The highest BCUT2D eigenvalue weighted by molar-refractivity contribution is 7.89. The minimum atomic E-state index is -3.45. The molecule has 1 aliphatic heterocycles. The Morgan fingerprint density at radius 1 is 1.33 bits per heavy atom. The third-order valence-corrected chi connectivity index (χ3v) is 6.65.